The van der Waals surface area contributed by atoms with Crippen LogP contribution in [0.1, 0.15) is 38.5 Å². The van der Waals surface area contributed by atoms with Crippen molar-refractivity contribution in [2.45, 2.75) is 43.1 Å². The summed E-state index contributed by atoms with van der Waals surface area (Å²) in [6.07, 6.45) is 8.98. The number of rotatable bonds is 1. The van der Waals surface area contributed by atoms with Crippen molar-refractivity contribution in [3.8, 4) is 0 Å². The maximum atomic E-state index is 2.23. The summed E-state index contributed by atoms with van der Waals surface area (Å²) in [5.74, 6) is 3.91. The second-order valence-corrected chi connectivity index (χ2v) is 6.66. The fraction of sp³-hybridized carbons (Fsp3) is 1.00. The zero-order valence-corrected chi connectivity index (χ0v) is 9.26. The maximum absolute atomic E-state index is 2.23. The van der Waals surface area contributed by atoms with Crippen molar-refractivity contribution in [3.05, 3.63) is 0 Å². The van der Waals surface area contributed by atoms with Crippen molar-refractivity contribution in [1.29, 1.82) is 0 Å². The molecule has 2 fully saturated rings. The minimum atomic E-state index is 0.971. The average molecular weight is 202 g/mol. The highest BCUT2D eigenvalue weighted by Gasteiger charge is 2.25. The highest BCUT2D eigenvalue weighted by Crippen LogP contribution is 2.41. The van der Waals surface area contributed by atoms with E-state index in [2.05, 4.69) is 23.5 Å². The normalized spacial score (nSPS) is 29.0. The van der Waals surface area contributed by atoms with Crippen molar-refractivity contribution >= 4 is 23.5 Å². The molecule has 1 saturated carbocycles. The Kier molecular flexibility index (Phi) is 3.71. The molecule has 0 radical (unpaired) electrons. The van der Waals surface area contributed by atoms with Crippen LogP contribution >= 0.6 is 23.5 Å². The molecule has 1 heterocycles. The van der Waals surface area contributed by atoms with Gasteiger partial charge in [0.15, 0.2) is 0 Å². The van der Waals surface area contributed by atoms with Crippen molar-refractivity contribution in [1.82, 2.24) is 0 Å². The van der Waals surface area contributed by atoms with Gasteiger partial charge in [-0.1, -0.05) is 19.3 Å². The molecule has 70 valence electrons. The quantitative estimate of drug-likeness (QED) is 0.635. The summed E-state index contributed by atoms with van der Waals surface area (Å²) < 4.78 is 0.971. The summed E-state index contributed by atoms with van der Waals surface area (Å²) >= 11 is 4.47. The van der Waals surface area contributed by atoms with Gasteiger partial charge in [0.25, 0.3) is 0 Å². The van der Waals surface area contributed by atoms with Gasteiger partial charge in [-0.05, 0) is 36.7 Å². The van der Waals surface area contributed by atoms with Crippen molar-refractivity contribution < 1.29 is 0 Å². The molecular formula is C10H18S2. The predicted octanol–water partition coefficient (Wildman–Crippen LogP) is 3.76. The summed E-state index contributed by atoms with van der Waals surface area (Å²) in [7, 11) is 0. The lowest BCUT2D eigenvalue weighted by Crippen LogP contribution is -2.20. The third-order valence-electron chi connectivity index (χ3n) is 2.89. The molecule has 0 amide bonds. The molecule has 12 heavy (non-hydrogen) atoms. The van der Waals surface area contributed by atoms with E-state index in [1.807, 2.05) is 0 Å². The third kappa shape index (κ3) is 2.35. The van der Waals surface area contributed by atoms with Gasteiger partial charge >= 0.3 is 0 Å². The average Bonchev–Trinajstić information content (AvgIpc) is 2.21. The minimum absolute atomic E-state index is 0.971. The van der Waals surface area contributed by atoms with Crippen LogP contribution in [0.4, 0.5) is 0 Å². The fourth-order valence-electron chi connectivity index (χ4n) is 2.18. The molecule has 0 atom stereocenters. The van der Waals surface area contributed by atoms with Crippen LogP contribution in [0.3, 0.4) is 0 Å². The molecular weight excluding hydrogens is 184 g/mol. The lowest BCUT2D eigenvalue weighted by molar-refractivity contribution is 0.380. The van der Waals surface area contributed by atoms with E-state index in [0.29, 0.717) is 0 Å². The van der Waals surface area contributed by atoms with E-state index in [1.165, 1.54) is 50.0 Å². The molecule has 1 aliphatic heterocycles. The van der Waals surface area contributed by atoms with Crippen LogP contribution in [-0.2, 0) is 0 Å². The van der Waals surface area contributed by atoms with E-state index < -0.39 is 0 Å². The Hall–Kier alpha value is 0.700. The first kappa shape index (κ1) is 9.26. The smallest absolute Gasteiger partial charge is 0.0530 e. The number of hydrogen-bond donors (Lipinski definition) is 0. The Morgan fingerprint density at radius 3 is 2.08 bits per heavy atom. The van der Waals surface area contributed by atoms with Gasteiger partial charge in [0, 0.05) is 0 Å². The van der Waals surface area contributed by atoms with Gasteiger partial charge in [0.05, 0.1) is 4.58 Å². The highest BCUT2D eigenvalue weighted by atomic mass is 32.2. The standard InChI is InChI=1S/C10H18S2/c1-2-5-9(6-3-1)10-11-7-4-8-12-10/h9-10H,1-8H2. The summed E-state index contributed by atoms with van der Waals surface area (Å²) in [4.78, 5) is 0. The van der Waals surface area contributed by atoms with Gasteiger partial charge in [-0.3, -0.25) is 0 Å². The van der Waals surface area contributed by atoms with Gasteiger partial charge in [-0.15, -0.1) is 23.5 Å². The van der Waals surface area contributed by atoms with Gasteiger partial charge in [-0.25, -0.2) is 0 Å². The Morgan fingerprint density at radius 2 is 1.42 bits per heavy atom. The molecule has 0 bridgehead atoms. The second kappa shape index (κ2) is 4.80. The van der Waals surface area contributed by atoms with E-state index in [4.69, 9.17) is 0 Å². The van der Waals surface area contributed by atoms with Crippen LogP contribution in [0.2, 0.25) is 0 Å². The third-order valence-corrected chi connectivity index (χ3v) is 6.18. The molecule has 0 aromatic carbocycles. The van der Waals surface area contributed by atoms with Gasteiger partial charge < -0.3 is 0 Å². The molecule has 1 saturated heterocycles. The van der Waals surface area contributed by atoms with E-state index in [1.54, 1.807) is 0 Å². The predicted molar refractivity (Wildman–Crippen MR) is 59.9 cm³/mol. The van der Waals surface area contributed by atoms with E-state index in [-0.39, 0.29) is 0 Å². The Bertz CT molecular complexity index is 108. The van der Waals surface area contributed by atoms with Crippen LogP contribution in [0.25, 0.3) is 0 Å². The molecule has 0 N–H and O–H groups in total. The van der Waals surface area contributed by atoms with Crippen LogP contribution in [0, 0.1) is 5.92 Å². The first-order valence-corrected chi connectivity index (χ1v) is 7.30. The Labute approximate surface area is 84.3 Å². The minimum Gasteiger partial charge on any atom is -0.147 e. The van der Waals surface area contributed by atoms with Gasteiger partial charge in [0.2, 0.25) is 0 Å². The number of hydrogen-bond acceptors (Lipinski definition) is 2. The first-order valence-electron chi connectivity index (χ1n) is 5.20. The Balaban J connectivity index is 1.80. The van der Waals surface area contributed by atoms with E-state index >= 15 is 0 Å². The van der Waals surface area contributed by atoms with E-state index in [9.17, 15) is 0 Å². The van der Waals surface area contributed by atoms with Gasteiger partial charge in [-0.2, -0.15) is 0 Å². The summed E-state index contributed by atoms with van der Waals surface area (Å²) in [5, 5.41) is 0. The molecule has 0 unspecified atom stereocenters. The highest BCUT2D eigenvalue weighted by molar-refractivity contribution is 8.17. The van der Waals surface area contributed by atoms with Gasteiger partial charge in [0.1, 0.15) is 0 Å². The zero-order valence-electron chi connectivity index (χ0n) is 7.63. The Morgan fingerprint density at radius 1 is 0.750 bits per heavy atom. The summed E-state index contributed by atoms with van der Waals surface area (Å²) in [6.45, 7) is 0. The molecule has 0 nitrogen and oxygen atoms in total. The van der Waals surface area contributed by atoms with Crippen LogP contribution < -0.4 is 0 Å². The first-order chi connectivity index (χ1) is 5.97. The SMILES string of the molecule is C1CCC(C2SCCCS2)CC1. The van der Waals surface area contributed by atoms with Crippen molar-refractivity contribution in [2.75, 3.05) is 11.5 Å². The molecule has 2 aliphatic rings. The van der Waals surface area contributed by atoms with Crippen LogP contribution in [0.5, 0.6) is 0 Å². The monoisotopic (exact) mass is 202 g/mol. The fourth-order valence-corrected chi connectivity index (χ4v) is 5.50. The second-order valence-electron chi connectivity index (χ2n) is 3.86. The molecule has 0 aromatic heterocycles. The number of thioether (sulfide) groups is 2. The molecule has 0 spiro atoms. The zero-order chi connectivity index (χ0) is 8.23. The lowest BCUT2D eigenvalue weighted by atomic mass is 9.91. The van der Waals surface area contributed by atoms with Crippen LogP contribution in [-0.4, -0.2) is 16.1 Å². The molecule has 2 rings (SSSR count). The maximum Gasteiger partial charge on any atom is 0.0530 e. The summed E-state index contributed by atoms with van der Waals surface area (Å²) in [5.41, 5.74) is 0. The van der Waals surface area contributed by atoms with Crippen LogP contribution in [0.15, 0.2) is 0 Å². The molecule has 1 aliphatic carbocycles. The topological polar surface area (TPSA) is 0 Å². The largest absolute Gasteiger partial charge is 0.147 e. The summed E-state index contributed by atoms with van der Waals surface area (Å²) in [6, 6.07) is 0. The lowest BCUT2D eigenvalue weighted by Gasteiger charge is -2.31. The van der Waals surface area contributed by atoms with Crippen molar-refractivity contribution in [3.63, 3.8) is 0 Å². The van der Waals surface area contributed by atoms with E-state index in [0.717, 1.165) is 10.5 Å². The molecule has 0 aromatic rings. The molecule has 2 heteroatoms. The van der Waals surface area contributed by atoms with Crippen molar-refractivity contribution in [2.24, 2.45) is 5.92 Å².